The van der Waals surface area contributed by atoms with Crippen LogP contribution in [0.25, 0.3) is 0 Å². The highest BCUT2D eigenvalue weighted by atomic mass is 15.2. The second kappa shape index (κ2) is 7.37. The molecule has 0 aromatic carbocycles. The van der Waals surface area contributed by atoms with E-state index in [1.54, 1.807) is 0 Å². The average Bonchev–Trinajstić information content (AvgIpc) is 3.02. The summed E-state index contributed by atoms with van der Waals surface area (Å²) >= 11 is 0. The quantitative estimate of drug-likeness (QED) is 0.829. The summed E-state index contributed by atoms with van der Waals surface area (Å²) in [5.74, 6) is 0. The van der Waals surface area contributed by atoms with Crippen molar-refractivity contribution in [3.05, 3.63) is 29.6 Å². The number of hydrogen-bond donors (Lipinski definition) is 1. The highest BCUT2D eigenvalue weighted by Gasteiger charge is 2.40. The maximum Gasteiger partial charge on any atom is 0.0519 e. The SMILES string of the molecule is CCCNC(c1cncc(C)c1)C(C)(CC)N1CCCC1. The van der Waals surface area contributed by atoms with Gasteiger partial charge in [0.2, 0.25) is 0 Å². The Kier molecular flexibility index (Phi) is 5.77. The number of aromatic nitrogens is 1. The fraction of sp³-hybridized carbons (Fsp3) is 0.722. The summed E-state index contributed by atoms with van der Waals surface area (Å²) in [4.78, 5) is 7.11. The number of nitrogens with one attached hydrogen (secondary N) is 1. The summed E-state index contributed by atoms with van der Waals surface area (Å²) in [6.07, 6.45) is 8.98. The van der Waals surface area contributed by atoms with Gasteiger partial charge in [-0.25, -0.2) is 0 Å². The lowest BCUT2D eigenvalue weighted by Crippen LogP contribution is -2.53. The first-order valence-electron chi connectivity index (χ1n) is 8.51. The van der Waals surface area contributed by atoms with Gasteiger partial charge in [-0.3, -0.25) is 9.88 Å². The largest absolute Gasteiger partial charge is 0.308 e. The first kappa shape index (κ1) is 16.4. The van der Waals surface area contributed by atoms with Crippen LogP contribution in [0.3, 0.4) is 0 Å². The Bertz CT molecular complexity index is 440. The maximum absolute atomic E-state index is 4.43. The Balaban J connectivity index is 2.32. The molecule has 0 spiro atoms. The number of pyridine rings is 1. The van der Waals surface area contributed by atoms with Gasteiger partial charge in [-0.1, -0.05) is 19.9 Å². The van der Waals surface area contributed by atoms with Crippen molar-refractivity contribution in [2.24, 2.45) is 0 Å². The van der Waals surface area contributed by atoms with Crippen LogP contribution in [0.2, 0.25) is 0 Å². The minimum absolute atomic E-state index is 0.168. The number of aryl methyl sites for hydroxylation is 1. The van der Waals surface area contributed by atoms with E-state index in [1.165, 1.54) is 37.1 Å². The molecule has 1 saturated heterocycles. The number of rotatable bonds is 7. The summed E-state index contributed by atoms with van der Waals surface area (Å²) in [7, 11) is 0. The van der Waals surface area contributed by atoms with Gasteiger partial charge >= 0.3 is 0 Å². The predicted molar refractivity (Wildman–Crippen MR) is 89.5 cm³/mol. The fourth-order valence-corrected chi connectivity index (χ4v) is 3.56. The normalized spacial score (nSPS) is 20.4. The standard InChI is InChI=1S/C18H31N3/c1-5-9-20-17(16-12-15(3)13-19-14-16)18(4,6-2)21-10-7-8-11-21/h12-14,17,20H,5-11H2,1-4H3. The van der Waals surface area contributed by atoms with Crippen molar-refractivity contribution in [3.63, 3.8) is 0 Å². The molecular formula is C18H31N3. The molecule has 3 heteroatoms. The maximum atomic E-state index is 4.43. The lowest BCUT2D eigenvalue weighted by atomic mass is 9.83. The highest BCUT2D eigenvalue weighted by Crippen LogP contribution is 2.36. The zero-order valence-corrected chi connectivity index (χ0v) is 14.2. The van der Waals surface area contributed by atoms with Crippen molar-refractivity contribution in [3.8, 4) is 0 Å². The van der Waals surface area contributed by atoms with Crippen LogP contribution in [-0.2, 0) is 0 Å². The van der Waals surface area contributed by atoms with E-state index in [2.05, 4.69) is 49.0 Å². The van der Waals surface area contributed by atoms with Crippen molar-refractivity contribution in [2.75, 3.05) is 19.6 Å². The average molecular weight is 289 g/mol. The number of likely N-dealkylation sites (tertiary alicyclic amines) is 1. The van der Waals surface area contributed by atoms with Crippen LogP contribution in [0, 0.1) is 6.92 Å². The summed E-state index contributed by atoms with van der Waals surface area (Å²) in [5, 5.41) is 3.80. The minimum atomic E-state index is 0.168. The second-order valence-corrected chi connectivity index (χ2v) is 6.59. The molecule has 0 amide bonds. The van der Waals surface area contributed by atoms with Gasteiger partial charge in [0.05, 0.1) is 6.04 Å². The predicted octanol–water partition coefficient (Wildman–Crippen LogP) is 3.70. The molecule has 2 heterocycles. The van der Waals surface area contributed by atoms with Crippen LogP contribution in [0.1, 0.15) is 63.6 Å². The molecule has 1 fully saturated rings. The van der Waals surface area contributed by atoms with E-state index in [-0.39, 0.29) is 5.54 Å². The van der Waals surface area contributed by atoms with Crippen LogP contribution in [0.5, 0.6) is 0 Å². The third-order valence-electron chi connectivity index (χ3n) is 4.99. The van der Waals surface area contributed by atoms with Crippen LogP contribution in [0.4, 0.5) is 0 Å². The zero-order valence-electron chi connectivity index (χ0n) is 14.2. The van der Waals surface area contributed by atoms with E-state index >= 15 is 0 Å². The fourth-order valence-electron chi connectivity index (χ4n) is 3.56. The van der Waals surface area contributed by atoms with E-state index < -0.39 is 0 Å². The molecule has 2 rings (SSSR count). The van der Waals surface area contributed by atoms with Crippen molar-refractivity contribution >= 4 is 0 Å². The molecule has 1 aromatic heterocycles. The molecule has 0 radical (unpaired) electrons. The molecule has 0 saturated carbocycles. The van der Waals surface area contributed by atoms with Crippen LogP contribution < -0.4 is 5.32 Å². The Morgan fingerprint density at radius 2 is 2.00 bits per heavy atom. The van der Waals surface area contributed by atoms with Gasteiger partial charge in [-0.15, -0.1) is 0 Å². The molecular weight excluding hydrogens is 258 g/mol. The van der Waals surface area contributed by atoms with Crippen LogP contribution in [0.15, 0.2) is 18.5 Å². The lowest BCUT2D eigenvalue weighted by Gasteiger charge is -2.45. The van der Waals surface area contributed by atoms with Gasteiger partial charge in [0.1, 0.15) is 0 Å². The Morgan fingerprint density at radius 1 is 1.29 bits per heavy atom. The first-order chi connectivity index (χ1) is 10.1. The lowest BCUT2D eigenvalue weighted by molar-refractivity contribution is 0.0838. The zero-order chi connectivity index (χ0) is 15.3. The molecule has 0 aliphatic carbocycles. The monoisotopic (exact) mass is 289 g/mol. The molecule has 0 bridgehead atoms. The third-order valence-corrected chi connectivity index (χ3v) is 4.99. The van der Waals surface area contributed by atoms with Crippen LogP contribution in [-0.4, -0.2) is 35.1 Å². The van der Waals surface area contributed by atoms with Gasteiger partial charge in [-0.05, 0) is 70.3 Å². The highest BCUT2D eigenvalue weighted by molar-refractivity contribution is 5.24. The molecule has 1 N–H and O–H groups in total. The second-order valence-electron chi connectivity index (χ2n) is 6.59. The molecule has 3 nitrogen and oxygen atoms in total. The Morgan fingerprint density at radius 3 is 2.57 bits per heavy atom. The van der Waals surface area contributed by atoms with E-state index in [9.17, 15) is 0 Å². The third kappa shape index (κ3) is 3.64. The van der Waals surface area contributed by atoms with Gasteiger partial charge in [0.25, 0.3) is 0 Å². The van der Waals surface area contributed by atoms with Gasteiger partial charge in [0, 0.05) is 17.9 Å². The van der Waals surface area contributed by atoms with Crippen molar-refractivity contribution in [2.45, 2.75) is 65.0 Å². The number of nitrogens with zero attached hydrogens (tertiary/aromatic N) is 2. The minimum Gasteiger partial charge on any atom is -0.308 e. The molecule has 1 aliphatic heterocycles. The molecule has 2 atom stereocenters. The van der Waals surface area contributed by atoms with Crippen molar-refractivity contribution in [1.29, 1.82) is 0 Å². The number of hydrogen-bond acceptors (Lipinski definition) is 3. The van der Waals surface area contributed by atoms with Crippen molar-refractivity contribution < 1.29 is 0 Å². The van der Waals surface area contributed by atoms with Gasteiger partial charge in [-0.2, -0.15) is 0 Å². The van der Waals surface area contributed by atoms with Gasteiger partial charge < -0.3 is 5.32 Å². The summed E-state index contributed by atoms with van der Waals surface area (Å²) < 4.78 is 0. The van der Waals surface area contributed by atoms with E-state index in [4.69, 9.17) is 0 Å². The Hall–Kier alpha value is -0.930. The summed E-state index contributed by atoms with van der Waals surface area (Å²) in [6.45, 7) is 12.6. The topological polar surface area (TPSA) is 28.2 Å². The smallest absolute Gasteiger partial charge is 0.0519 e. The molecule has 21 heavy (non-hydrogen) atoms. The van der Waals surface area contributed by atoms with E-state index in [0.717, 1.165) is 19.4 Å². The molecule has 1 aromatic rings. The van der Waals surface area contributed by atoms with Crippen molar-refractivity contribution in [1.82, 2.24) is 15.2 Å². The van der Waals surface area contributed by atoms with Crippen LogP contribution >= 0.6 is 0 Å². The van der Waals surface area contributed by atoms with E-state index in [0.29, 0.717) is 6.04 Å². The first-order valence-corrected chi connectivity index (χ1v) is 8.51. The summed E-state index contributed by atoms with van der Waals surface area (Å²) in [5.41, 5.74) is 2.75. The molecule has 2 unspecified atom stereocenters. The molecule has 118 valence electrons. The molecule has 1 aliphatic rings. The van der Waals surface area contributed by atoms with E-state index in [1.807, 2.05) is 12.4 Å². The summed E-state index contributed by atoms with van der Waals surface area (Å²) in [6, 6.07) is 2.65. The Labute approximate surface area is 130 Å². The van der Waals surface area contributed by atoms with Gasteiger partial charge in [0.15, 0.2) is 0 Å².